The smallest absolute Gasteiger partial charge is 0.453 e. The van der Waals surface area contributed by atoms with Gasteiger partial charge in [0.1, 0.15) is 18.2 Å². The number of anilines is 1. The first kappa shape index (κ1) is 25.2. The lowest BCUT2D eigenvalue weighted by atomic mass is 9.89. The molecule has 5 rings (SSSR count). The van der Waals surface area contributed by atoms with Crippen molar-refractivity contribution in [3.05, 3.63) is 47.8 Å². The highest BCUT2D eigenvalue weighted by molar-refractivity contribution is 5.78. The van der Waals surface area contributed by atoms with E-state index in [4.69, 9.17) is 4.74 Å². The molecule has 2 aliphatic rings. The van der Waals surface area contributed by atoms with E-state index in [0.717, 1.165) is 36.2 Å². The van der Waals surface area contributed by atoms with Gasteiger partial charge in [0.2, 0.25) is 5.91 Å². The van der Waals surface area contributed by atoms with Gasteiger partial charge in [0.15, 0.2) is 5.65 Å². The van der Waals surface area contributed by atoms with E-state index >= 15 is 0 Å². The maximum absolute atomic E-state index is 13.2. The predicted octanol–water partition coefficient (Wildman–Crippen LogP) is 3.07. The second-order valence-corrected chi connectivity index (χ2v) is 9.76. The minimum absolute atomic E-state index is 0.0692. The quantitative estimate of drug-likeness (QED) is 0.497. The number of ether oxygens (including phenoxy) is 1. The van der Waals surface area contributed by atoms with Crippen LogP contribution in [0, 0.1) is 0 Å². The first-order valence-electron chi connectivity index (χ1n) is 12.4. The number of piperazine rings is 1. The molecule has 2 saturated heterocycles. The van der Waals surface area contributed by atoms with Crippen LogP contribution >= 0.6 is 0 Å². The molecule has 0 bridgehead atoms. The Hall–Kier alpha value is -3.41. The minimum Gasteiger partial charge on any atom is -0.492 e. The fourth-order valence-electron chi connectivity index (χ4n) is 4.88. The molecule has 1 unspecified atom stereocenters. The number of amides is 1. The van der Waals surface area contributed by atoms with Crippen LogP contribution in [0.25, 0.3) is 5.65 Å². The molecule has 1 aromatic carbocycles. The molecule has 198 valence electrons. The normalized spacial score (nSPS) is 19.0. The van der Waals surface area contributed by atoms with Crippen LogP contribution in [0.2, 0.25) is 0 Å². The van der Waals surface area contributed by atoms with Crippen molar-refractivity contribution in [2.45, 2.75) is 37.9 Å². The van der Waals surface area contributed by atoms with Crippen molar-refractivity contribution in [2.24, 2.45) is 0 Å². The van der Waals surface area contributed by atoms with Crippen molar-refractivity contribution in [3.8, 4) is 5.75 Å². The third-order valence-corrected chi connectivity index (χ3v) is 7.27. The zero-order valence-electron chi connectivity index (χ0n) is 20.9. The molecule has 0 N–H and O–H groups in total. The van der Waals surface area contributed by atoms with Gasteiger partial charge in [-0.15, -0.1) is 15.3 Å². The number of aromatic nitrogens is 4. The summed E-state index contributed by atoms with van der Waals surface area (Å²) in [5.41, 5.74) is 1.28. The fourth-order valence-corrected chi connectivity index (χ4v) is 4.88. The zero-order chi connectivity index (χ0) is 26.2. The van der Waals surface area contributed by atoms with E-state index in [1.165, 1.54) is 11.6 Å². The Morgan fingerprint density at radius 2 is 1.76 bits per heavy atom. The van der Waals surface area contributed by atoms with Gasteiger partial charge < -0.3 is 14.5 Å². The summed E-state index contributed by atoms with van der Waals surface area (Å²) in [5.74, 6) is 0.643. The van der Waals surface area contributed by atoms with Gasteiger partial charge >= 0.3 is 6.18 Å². The number of hydrogen-bond donors (Lipinski definition) is 0. The van der Waals surface area contributed by atoms with Crippen molar-refractivity contribution in [1.82, 2.24) is 29.6 Å². The number of likely N-dealkylation sites (N-methyl/N-ethyl adjacent to an activating group) is 1. The molecule has 0 radical (unpaired) electrons. The third kappa shape index (κ3) is 5.48. The first-order chi connectivity index (χ1) is 17.7. The Morgan fingerprint density at radius 3 is 2.43 bits per heavy atom. The lowest BCUT2D eigenvalue weighted by molar-refractivity contribution is -0.146. The second kappa shape index (κ2) is 10.2. The third-order valence-electron chi connectivity index (χ3n) is 7.27. The van der Waals surface area contributed by atoms with Gasteiger partial charge in [-0.3, -0.25) is 9.69 Å². The number of alkyl halides is 3. The highest BCUT2D eigenvalue weighted by atomic mass is 19.4. The van der Waals surface area contributed by atoms with E-state index in [1.54, 1.807) is 11.0 Å². The van der Waals surface area contributed by atoms with E-state index in [-0.39, 0.29) is 17.6 Å². The van der Waals surface area contributed by atoms with Crippen molar-refractivity contribution >= 4 is 17.4 Å². The number of nitrogens with zero attached hydrogens (tertiary/aromatic N) is 7. The molecule has 0 spiro atoms. The van der Waals surface area contributed by atoms with Crippen LogP contribution in [0.3, 0.4) is 0 Å². The molecule has 0 aliphatic carbocycles. The predicted molar refractivity (Wildman–Crippen MR) is 131 cm³/mol. The van der Waals surface area contributed by atoms with Crippen LogP contribution < -0.4 is 9.64 Å². The second-order valence-electron chi connectivity index (χ2n) is 9.76. The lowest BCUT2D eigenvalue weighted by Crippen LogP contribution is -2.52. The lowest BCUT2D eigenvalue weighted by Gasteiger charge is -2.35. The molecule has 2 aromatic heterocycles. The van der Waals surface area contributed by atoms with Crippen LogP contribution in [0.4, 0.5) is 19.0 Å². The Kier molecular flexibility index (Phi) is 6.93. The molecule has 1 atom stereocenters. The van der Waals surface area contributed by atoms with Gasteiger partial charge in [0.05, 0.1) is 6.54 Å². The summed E-state index contributed by atoms with van der Waals surface area (Å²) in [5, 5.41) is 11.0. The van der Waals surface area contributed by atoms with Gasteiger partial charge in [-0.25, -0.2) is 0 Å². The van der Waals surface area contributed by atoms with Crippen LogP contribution in [-0.2, 0) is 11.0 Å². The number of carbonyl (C=O) groups excluding carboxylic acids is 1. The van der Waals surface area contributed by atoms with Crippen molar-refractivity contribution in [2.75, 3.05) is 51.3 Å². The SMILES string of the molecule is CC(COc1ccc(C2CCN(c3ccc4nnc(C(F)(F)F)n4n3)CC2)cc1)N1CCN(C)C(=O)C1. The maximum atomic E-state index is 13.2. The highest BCUT2D eigenvalue weighted by Crippen LogP contribution is 2.32. The molecular weight excluding hydrogens is 487 g/mol. The molecule has 0 saturated carbocycles. The summed E-state index contributed by atoms with van der Waals surface area (Å²) in [7, 11) is 1.83. The molecule has 12 heteroatoms. The van der Waals surface area contributed by atoms with E-state index in [2.05, 4.69) is 39.3 Å². The number of hydrogen-bond acceptors (Lipinski definition) is 7. The molecule has 2 aliphatic heterocycles. The summed E-state index contributed by atoms with van der Waals surface area (Å²) in [4.78, 5) is 17.8. The largest absolute Gasteiger partial charge is 0.492 e. The Morgan fingerprint density at radius 1 is 1.03 bits per heavy atom. The Balaban J connectivity index is 1.14. The average molecular weight is 518 g/mol. The van der Waals surface area contributed by atoms with E-state index in [0.29, 0.717) is 38.0 Å². The molecule has 3 aromatic rings. The fraction of sp³-hybridized carbons (Fsp3) is 0.520. The van der Waals surface area contributed by atoms with Gasteiger partial charge in [0.25, 0.3) is 5.82 Å². The Labute approximate surface area is 212 Å². The number of carbonyl (C=O) groups is 1. The van der Waals surface area contributed by atoms with Gasteiger partial charge in [-0.2, -0.15) is 17.7 Å². The van der Waals surface area contributed by atoms with E-state index in [1.807, 2.05) is 24.1 Å². The minimum atomic E-state index is -4.62. The van der Waals surface area contributed by atoms with Crippen LogP contribution in [0.5, 0.6) is 5.75 Å². The van der Waals surface area contributed by atoms with Gasteiger partial charge in [-0.1, -0.05) is 12.1 Å². The first-order valence-corrected chi connectivity index (χ1v) is 12.4. The van der Waals surface area contributed by atoms with Crippen molar-refractivity contribution in [1.29, 1.82) is 0 Å². The molecule has 2 fully saturated rings. The average Bonchev–Trinajstić information content (AvgIpc) is 3.33. The topological polar surface area (TPSA) is 79.1 Å². The van der Waals surface area contributed by atoms with E-state index < -0.39 is 12.0 Å². The maximum Gasteiger partial charge on any atom is 0.453 e. The summed E-state index contributed by atoms with van der Waals surface area (Å²) >= 11 is 0. The molecule has 37 heavy (non-hydrogen) atoms. The molecule has 9 nitrogen and oxygen atoms in total. The van der Waals surface area contributed by atoms with Crippen LogP contribution in [-0.4, -0.2) is 87.9 Å². The molecular formula is C25H30F3N7O2. The number of halogens is 3. The Bertz CT molecular complexity index is 1240. The number of piperidine rings is 1. The summed E-state index contributed by atoms with van der Waals surface area (Å²) < 4.78 is 46.3. The van der Waals surface area contributed by atoms with Gasteiger partial charge in [-0.05, 0) is 55.5 Å². The van der Waals surface area contributed by atoms with Crippen LogP contribution in [0.1, 0.15) is 37.1 Å². The number of benzene rings is 1. The zero-order valence-corrected chi connectivity index (χ0v) is 20.9. The molecule has 1 amide bonds. The monoisotopic (exact) mass is 517 g/mol. The summed E-state index contributed by atoms with van der Waals surface area (Å²) in [6.45, 7) is 5.95. The summed E-state index contributed by atoms with van der Waals surface area (Å²) in [6, 6.07) is 11.5. The van der Waals surface area contributed by atoms with Crippen molar-refractivity contribution < 1.29 is 22.7 Å². The van der Waals surface area contributed by atoms with Gasteiger partial charge in [0, 0.05) is 39.3 Å². The molecule has 4 heterocycles. The van der Waals surface area contributed by atoms with E-state index in [9.17, 15) is 18.0 Å². The highest BCUT2D eigenvalue weighted by Gasteiger charge is 2.38. The van der Waals surface area contributed by atoms with Crippen LogP contribution in [0.15, 0.2) is 36.4 Å². The van der Waals surface area contributed by atoms with Crippen molar-refractivity contribution in [3.63, 3.8) is 0 Å². The summed E-state index contributed by atoms with van der Waals surface area (Å²) in [6.07, 6.45) is -2.89. The standard InChI is InChI=1S/C25H30F3N7O2/c1-17(34-14-13-32(2)23(36)15-34)16-37-20-5-3-18(4-6-20)19-9-11-33(12-10-19)22-8-7-21-29-30-24(25(26,27)28)35(21)31-22/h3-8,17,19H,9-16H2,1-2H3. The number of fused-ring (bicyclic) bond motifs is 1. The number of rotatable bonds is 6.